The molecule has 1 aromatic carbocycles. The lowest BCUT2D eigenvalue weighted by Gasteiger charge is -2.01. The summed E-state index contributed by atoms with van der Waals surface area (Å²) in [5, 5.41) is 14.6. The third-order valence-corrected chi connectivity index (χ3v) is 3.77. The largest absolute Gasteiger partial charge is 0.544 e. The lowest BCUT2D eigenvalue weighted by atomic mass is 10.2. The second-order valence-electron chi connectivity index (χ2n) is 4.10. The maximum absolute atomic E-state index is 12.7. The van der Waals surface area contributed by atoms with Crippen molar-refractivity contribution in [2.24, 2.45) is 5.10 Å². The number of rotatable bonds is 4. The number of carboxylic acid groups (broad SMARTS) is 1. The number of carbonyl (C=O) groups excluding carboxylic acids is 2. The van der Waals surface area contributed by atoms with Crippen LogP contribution in [0.4, 0.5) is 4.39 Å². The molecule has 1 aromatic heterocycles. The van der Waals surface area contributed by atoms with Crippen LogP contribution in [0.5, 0.6) is 0 Å². The second kappa shape index (κ2) is 6.27. The molecule has 2 rings (SSSR count). The van der Waals surface area contributed by atoms with Crippen LogP contribution in [0, 0.1) is 5.82 Å². The fraction of sp³-hybridized carbons (Fsp3) is 0.0714. The SMILES string of the molecule is C/C(=N/NC(=O)c1ccc(F)cc1)c1ccc(C(=O)[O-])s1. The Morgan fingerprint density at radius 2 is 1.76 bits per heavy atom. The number of benzene rings is 1. The predicted molar refractivity (Wildman–Crippen MR) is 74.7 cm³/mol. The van der Waals surface area contributed by atoms with Gasteiger partial charge in [0.15, 0.2) is 0 Å². The monoisotopic (exact) mass is 305 g/mol. The van der Waals surface area contributed by atoms with Gasteiger partial charge in [0.1, 0.15) is 5.82 Å². The van der Waals surface area contributed by atoms with Crippen LogP contribution in [0.3, 0.4) is 0 Å². The van der Waals surface area contributed by atoms with E-state index in [1.54, 1.807) is 13.0 Å². The zero-order valence-corrected chi connectivity index (χ0v) is 11.7. The van der Waals surface area contributed by atoms with Crippen molar-refractivity contribution >= 4 is 28.9 Å². The van der Waals surface area contributed by atoms with E-state index in [9.17, 15) is 19.1 Å². The van der Waals surface area contributed by atoms with Crippen LogP contribution in [0.1, 0.15) is 31.8 Å². The quantitative estimate of drug-likeness (QED) is 0.685. The summed E-state index contributed by atoms with van der Waals surface area (Å²) in [5.74, 6) is -2.17. The number of nitrogens with zero attached hydrogens (tertiary/aromatic N) is 1. The fourth-order valence-electron chi connectivity index (χ4n) is 1.50. The minimum Gasteiger partial charge on any atom is -0.544 e. The molecule has 0 aliphatic carbocycles. The van der Waals surface area contributed by atoms with Gasteiger partial charge >= 0.3 is 0 Å². The number of thiophene rings is 1. The molecule has 0 unspecified atom stereocenters. The molecule has 0 fully saturated rings. The summed E-state index contributed by atoms with van der Waals surface area (Å²) in [7, 11) is 0. The van der Waals surface area contributed by atoms with Crippen molar-refractivity contribution in [2.45, 2.75) is 6.92 Å². The number of carboxylic acids is 1. The van der Waals surface area contributed by atoms with Crippen molar-refractivity contribution in [3.63, 3.8) is 0 Å². The predicted octanol–water partition coefficient (Wildman–Crippen LogP) is 1.40. The zero-order valence-electron chi connectivity index (χ0n) is 10.9. The molecule has 0 atom stereocenters. The molecule has 1 amide bonds. The molecule has 5 nitrogen and oxygen atoms in total. The summed E-state index contributed by atoms with van der Waals surface area (Å²) in [4.78, 5) is 23.1. The summed E-state index contributed by atoms with van der Waals surface area (Å²) in [5.41, 5.74) is 3.06. The molecule has 0 saturated carbocycles. The first-order chi connectivity index (χ1) is 9.97. The summed E-state index contributed by atoms with van der Waals surface area (Å²) in [6.07, 6.45) is 0. The number of carbonyl (C=O) groups is 2. The van der Waals surface area contributed by atoms with Crippen molar-refractivity contribution in [3.8, 4) is 0 Å². The summed E-state index contributed by atoms with van der Waals surface area (Å²) in [6.45, 7) is 1.63. The highest BCUT2D eigenvalue weighted by Crippen LogP contribution is 2.16. The molecule has 0 spiro atoms. The van der Waals surface area contributed by atoms with Gasteiger partial charge in [-0.2, -0.15) is 5.10 Å². The van der Waals surface area contributed by atoms with Crippen molar-refractivity contribution < 1.29 is 19.1 Å². The van der Waals surface area contributed by atoms with E-state index in [-0.39, 0.29) is 10.4 Å². The smallest absolute Gasteiger partial charge is 0.271 e. The van der Waals surface area contributed by atoms with Gasteiger partial charge in [-0.3, -0.25) is 4.79 Å². The van der Waals surface area contributed by atoms with Crippen LogP contribution in [-0.2, 0) is 0 Å². The fourth-order valence-corrected chi connectivity index (χ4v) is 2.28. The molecule has 1 N–H and O–H groups in total. The number of hydrazone groups is 1. The Balaban J connectivity index is 2.07. The van der Waals surface area contributed by atoms with Gasteiger partial charge in [0.25, 0.3) is 5.91 Å². The minimum absolute atomic E-state index is 0.0874. The van der Waals surface area contributed by atoms with Gasteiger partial charge in [-0.1, -0.05) is 0 Å². The van der Waals surface area contributed by atoms with Crippen molar-refractivity contribution in [2.75, 3.05) is 0 Å². The number of halogens is 1. The first-order valence-corrected chi connectivity index (χ1v) is 6.71. The number of hydrogen-bond acceptors (Lipinski definition) is 5. The van der Waals surface area contributed by atoms with Crippen LogP contribution in [0.15, 0.2) is 41.5 Å². The van der Waals surface area contributed by atoms with Gasteiger partial charge in [-0.25, -0.2) is 9.82 Å². The van der Waals surface area contributed by atoms with E-state index in [2.05, 4.69) is 10.5 Å². The number of amides is 1. The maximum Gasteiger partial charge on any atom is 0.271 e. The van der Waals surface area contributed by atoms with E-state index in [0.29, 0.717) is 10.6 Å². The molecule has 0 radical (unpaired) electrons. The molecule has 0 aliphatic heterocycles. The average molecular weight is 305 g/mol. The normalized spacial score (nSPS) is 11.2. The zero-order chi connectivity index (χ0) is 15.4. The van der Waals surface area contributed by atoms with E-state index in [0.717, 1.165) is 11.3 Å². The number of aromatic carboxylic acids is 1. The Labute approximate surface area is 123 Å². The van der Waals surface area contributed by atoms with Crippen molar-refractivity contribution in [1.82, 2.24) is 5.43 Å². The summed E-state index contributed by atoms with van der Waals surface area (Å²) < 4.78 is 12.7. The number of nitrogens with one attached hydrogen (secondary N) is 1. The van der Waals surface area contributed by atoms with Gasteiger partial charge < -0.3 is 9.90 Å². The number of hydrogen-bond donors (Lipinski definition) is 1. The standard InChI is InChI=1S/C14H11FN2O3S/c1-8(11-6-7-12(21-11)14(19)20)16-17-13(18)9-2-4-10(15)5-3-9/h2-7H,1H3,(H,17,18)(H,19,20)/p-1/b16-8-. The third-order valence-electron chi connectivity index (χ3n) is 2.60. The van der Waals surface area contributed by atoms with Crippen molar-refractivity contribution in [3.05, 3.63) is 57.5 Å². The lowest BCUT2D eigenvalue weighted by molar-refractivity contribution is -0.254. The van der Waals surface area contributed by atoms with Gasteiger partial charge in [-0.15, -0.1) is 11.3 Å². The van der Waals surface area contributed by atoms with E-state index in [1.807, 2.05) is 0 Å². The molecule has 0 bridgehead atoms. The van der Waals surface area contributed by atoms with E-state index in [4.69, 9.17) is 0 Å². The summed E-state index contributed by atoms with van der Waals surface area (Å²) >= 11 is 1.00. The molecular formula is C14H10FN2O3S-. The van der Waals surface area contributed by atoms with Crippen molar-refractivity contribution in [1.29, 1.82) is 0 Å². The van der Waals surface area contributed by atoms with Gasteiger partial charge in [-0.05, 0) is 43.3 Å². The Morgan fingerprint density at radius 1 is 1.14 bits per heavy atom. The van der Waals surface area contributed by atoms with E-state index >= 15 is 0 Å². The van der Waals surface area contributed by atoms with Crippen LogP contribution in [0.2, 0.25) is 0 Å². The second-order valence-corrected chi connectivity index (χ2v) is 5.18. The van der Waals surface area contributed by atoms with Gasteiger partial charge in [0.2, 0.25) is 0 Å². The van der Waals surface area contributed by atoms with E-state index in [1.165, 1.54) is 30.3 Å². The Morgan fingerprint density at radius 3 is 2.33 bits per heavy atom. The molecule has 7 heteroatoms. The van der Waals surface area contributed by atoms with Crippen LogP contribution >= 0.6 is 11.3 Å². The van der Waals surface area contributed by atoms with Gasteiger partial charge in [0.05, 0.1) is 21.4 Å². The molecule has 108 valence electrons. The van der Waals surface area contributed by atoms with E-state index < -0.39 is 17.7 Å². The average Bonchev–Trinajstić information content (AvgIpc) is 2.95. The molecule has 0 saturated heterocycles. The maximum atomic E-state index is 12.7. The van der Waals surface area contributed by atoms with Crippen LogP contribution < -0.4 is 10.5 Å². The third kappa shape index (κ3) is 3.73. The van der Waals surface area contributed by atoms with Crippen LogP contribution in [0.25, 0.3) is 0 Å². The molecule has 0 aliphatic rings. The Bertz CT molecular complexity index is 707. The molecule has 2 aromatic rings. The highest BCUT2D eigenvalue weighted by molar-refractivity contribution is 7.15. The summed E-state index contributed by atoms with van der Waals surface area (Å²) in [6, 6.07) is 8.03. The first-order valence-electron chi connectivity index (χ1n) is 5.89. The highest BCUT2D eigenvalue weighted by Gasteiger charge is 2.07. The minimum atomic E-state index is -1.26. The Hall–Kier alpha value is -2.54. The van der Waals surface area contributed by atoms with Gasteiger partial charge in [0, 0.05) is 5.56 Å². The topological polar surface area (TPSA) is 81.6 Å². The first kappa shape index (κ1) is 14.9. The Kier molecular flexibility index (Phi) is 4.44. The lowest BCUT2D eigenvalue weighted by Crippen LogP contribution is -2.20. The molecular weight excluding hydrogens is 295 g/mol. The highest BCUT2D eigenvalue weighted by atomic mass is 32.1. The molecule has 1 heterocycles. The molecule has 21 heavy (non-hydrogen) atoms. The van der Waals surface area contributed by atoms with Crippen LogP contribution in [-0.4, -0.2) is 17.6 Å².